The van der Waals surface area contributed by atoms with Gasteiger partial charge in [-0.05, 0) is 25.1 Å². The minimum atomic E-state index is -3.41. The molecule has 0 radical (unpaired) electrons. The maximum atomic E-state index is 12.4. The molecule has 3 aromatic rings. The number of amides is 1. The Morgan fingerprint density at radius 3 is 2.71 bits per heavy atom. The summed E-state index contributed by atoms with van der Waals surface area (Å²) in [5.41, 5.74) is 0.621. The lowest BCUT2D eigenvalue weighted by atomic mass is 10.3. The first-order valence-electron chi connectivity index (χ1n) is 8.13. The highest BCUT2D eigenvalue weighted by molar-refractivity contribution is 7.90. The van der Waals surface area contributed by atoms with Gasteiger partial charge in [0.15, 0.2) is 14.6 Å². The molecule has 0 bridgehead atoms. The number of benzene rings is 1. The molecule has 0 saturated carbocycles. The Balaban J connectivity index is 2.17. The molecule has 28 heavy (non-hydrogen) atoms. The highest BCUT2D eigenvalue weighted by Crippen LogP contribution is 2.22. The van der Waals surface area contributed by atoms with Gasteiger partial charge in [0, 0.05) is 18.6 Å². The number of sulfone groups is 1. The van der Waals surface area contributed by atoms with Gasteiger partial charge in [0.2, 0.25) is 0 Å². The SMILES string of the molecule is CCOC(=O)Cn1c(=NC(=O)c2cnccn2)sc2cc(S(C)(=O)=O)ccc21. The summed E-state index contributed by atoms with van der Waals surface area (Å²) in [7, 11) is -3.41. The van der Waals surface area contributed by atoms with Crippen LogP contribution >= 0.6 is 11.3 Å². The molecule has 0 N–H and O–H groups in total. The summed E-state index contributed by atoms with van der Waals surface area (Å²) in [4.78, 5) is 36.6. The van der Waals surface area contributed by atoms with Crippen LogP contribution in [0, 0.1) is 0 Å². The van der Waals surface area contributed by atoms with E-state index in [0.29, 0.717) is 10.2 Å². The Morgan fingerprint density at radius 2 is 2.07 bits per heavy atom. The van der Waals surface area contributed by atoms with Gasteiger partial charge < -0.3 is 9.30 Å². The van der Waals surface area contributed by atoms with Crippen molar-refractivity contribution in [3.63, 3.8) is 0 Å². The monoisotopic (exact) mass is 420 g/mol. The first kappa shape index (κ1) is 19.8. The van der Waals surface area contributed by atoms with Gasteiger partial charge in [0.25, 0.3) is 5.91 Å². The van der Waals surface area contributed by atoms with Crippen molar-refractivity contribution in [3.8, 4) is 0 Å². The first-order chi connectivity index (χ1) is 13.3. The van der Waals surface area contributed by atoms with Gasteiger partial charge in [0.05, 0.1) is 27.9 Å². The van der Waals surface area contributed by atoms with E-state index in [1.54, 1.807) is 13.0 Å². The summed E-state index contributed by atoms with van der Waals surface area (Å²) >= 11 is 1.09. The molecule has 0 aliphatic heterocycles. The predicted octanol–water partition coefficient (Wildman–Crippen LogP) is 1.20. The van der Waals surface area contributed by atoms with Crippen molar-refractivity contribution in [2.24, 2.45) is 4.99 Å². The van der Waals surface area contributed by atoms with E-state index in [2.05, 4.69) is 15.0 Å². The molecule has 9 nitrogen and oxygen atoms in total. The van der Waals surface area contributed by atoms with Crippen molar-refractivity contribution in [2.45, 2.75) is 18.4 Å². The van der Waals surface area contributed by atoms with Crippen LogP contribution in [0.1, 0.15) is 17.4 Å². The molecule has 146 valence electrons. The Labute approximate surface area is 164 Å². The highest BCUT2D eigenvalue weighted by atomic mass is 32.2. The third-order valence-corrected chi connectivity index (χ3v) is 5.81. The number of aromatic nitrogens is 3. The molecule has 0 aliphatic rings. The second-order valence-electron chi connectivity index (χ2n) is 5.69. The summed E-state index contributed by atoms with van der Waals surface area (Å²) in [6, 6.07) is 4.51. The first-order valence-corrected chi connectivity index (χ1v) is 10.8. The standard InChI is InChI=1S/C17H16N4O5S2/c1-3-26-15(22)10-21-13-5-4-11(28(2,24)25)8-14(13)27-17(21)20-16(23)12-9-18-6-7-19-12/h4-9H,3,10H2,1-2H3. The predicted molar refractivity (Wildman–Crippen MR) is 101 cm³/mol. The molecular formula is C17H16N4O5S2. The van der Waals surface area contributed by atoms with Crippen molar-refractivity contribution in [3.05, 3.63) is 47.3 Å². The van der Waals surface area contributed by atoms with Crippen LogP contribution in [-0.2, 0) is 25.9 Å². The quantitative estimate of drug-likeness (QED) is 0.569. The van der Waals surface area contributed by atoms with Crippen LogP contribution in [0.2, 0.25) is 0 Å². The van der Waals surface area contributed by atoms with Crippen molar-refractivity contribution in [1.29, 1.82) is 0 Å². The van der Waals surface area contributed by atoms with E-state index >= 15 is 0 Å². The van der Waals surface area contributed by atoms with Gasteiger partial charge in [-0.15, -0.1) is 0 Å². The number of carbonyl (C=O) groups excluding carboxylic acids is 2. The summed E-state index contributed by atoms with van der Waals surface area (Å²) in [6.45, 7) is 1.74. The Morgan fingerprint density at radius 1 is 1.29 bits per heavy atom. The minimum absolute atomic E-state index is 0.0551. The van der Waals surface area contributed by atoms with Crippen molar-refractivity contribution in [1.82, 2.24) is 14.5 Å². The van der Waals surface area contributed by atoms with Crippen LogP contribution in [0.3, 0.4) is 0 Å². The van der Waals surface area contributed by atoms with Gasteiger partial charge in [-0.3, -0.25) is 14.6 Å². The fourth-order valence-corrected chi connectivity index (χ4v) is 4.20. The molecule has 0 fully saturated rings. The van der Waals surface area contributed by atoms with Gasteiger partial charge in [-0.1, -0.05) is 11.3 Å². The molecule has 3 rings (SSSR count). The zero-order chi connectivity index (χ0) is 20.3. The van der Waals surface area contributed by atoms with Crippen LogP contribution in [0.25, 0.3) is 10.2 Å². The Bertz CT molecular complexity index is 1210. The maximum Gasteiger partial charge on any atom is 0.326 e. The average molecular weight is 420 g/mol. The molecule has 2 aromatic heterocycles. The Hall–Kier alpha value is -2.92. The normalized spacial score (nSPS) is 12.3. The van der Waals surface area contributed by atoms with Crippen molar-refractivity contribution < 1.29 is 22.7 Å². The topological polar surface area (TPSA) is 121 Å². The van der Waals surface area contributed by atoms with E-state index in [4.69, 9.17) is 4.74 Å². The molecule has 0 saturated heterocycles. The lowest BCUT2D eigenvalue weighted by Crippen LogP contribution is -2.23. The van der Waals surface area contributed by atoms with E-state index < -0.39 is 21.7 Å². The molecule has 0 unspecified atom stereocenters. The zero-order valence-electron chi connectivity index (χ0n) is 15.0. The number of nitrogens with zero attached hydrogens (tertiary/aromatic N) is 4. The third kappa shape index (κ3) is 4.31. The molecule has 2 heterocycles. The van der Waals surface area contributed by atoms with Crippen LogP contribution in [-0.4, -0.2) is 47.7 Å². The minimum Gasteiger partial charge on any atom is -0.465 e. The number of hydrogen-bond acceptors (Lipinski definition) is 8. The van der Waals surface area contributed by atoms with E-state index in [-0.39, 0.29) is 28.5 Å². The number of ether oxygens (including phenoxy) is 1. The molecule has 1 amide bonds. The van der Waals surface area contributed by atoms with Crippen molar-refractivity contribution in [2.75, 3.05) is 12.9 Å². The van der Waals surface area contributed by atoms with Crippen LogP contribution in [0.4, 0.5) is 0 Å². The Kier molecular flexibility index (Phi) is 5.66. The van der Waals surface area contributed by atoms with E-state index in [9.17, 15) is 18.0 Å². The molecule has 0 aliphatic carbocycles. The van der Waals surface area contributed by atoms with E-state index in [1.165, 1.54) is 35.3 Å². The smallest absolute Gasteiger partial charge is 0.326 e. The number of rotatable bonds is 5. The number of fused-ring (bicyclic) bond motifs is 1. The van der Waals surface area contributed by atoms with Gasteiger partial charge in [-0.25, -0.2) is 13.4 Å². The van der Waals surface area contributed by atoms with E-state index in [1.807, 2.05) is 0 Å². The van der Waals surface area contributed by atoms with Crippen LogP contribution in [0.15, 0.2) is 46.7 Å². The summed E-state index contributed by atoms with van der Waals surface area (Å²) in [5, 5.41) is 0. The maximum absolute atomic E-state index is 12.4. The van der Waals surface area contributed by atoms with E-state index in [0.717, 1.165) is 17.6 Å². The zero-order valence-corrected chi connectivity index (χ0v) is 16.7. The van der Waals surface area contributed by atoms with Crippen LogP contribution < -0.4 is 4.80 Å². The molecular weight excluding hydrogens is 404 g/mol. The number of hydrogen-bond donors (Lipinski definition) is 0. The second kappa shape index (κ2) is 7.98. The fraction of sp³-hybridized carbons (Fsp3) is 0.235. The van der Waals surface area contributed by atoms with Crippen LogP contribution in [0.5, 0.6) is 0 Å². The lowest BCUT2D eigenvalue weighted by molar-refractivity contribution is -0.143. The van der Waals surface area contributed by atoms with Gasteiger partial charge in [0.1, 0.15) is 12.2 Å². The largest absolute Gasteiger partial charge is 0.465 e. The number of carbonyl (C=O) groups is 2. The van der Waals surface area contributed by atoms with Gasteiger partial charge >= 0.3 is 5.97 Å². The molecule has 0 atom stereocenters. The average Bonchev–Trinajstić information content (AvgIpc) is 2.98. The molecule has 0 spiro atoms. The summed E-state index contributed by atoms with van der Waals surface area (Å²) in [5.74, 6) is -1.12. The highest BCUT2D eigenvalue weighted by Gasteiger charge is 2.16. The van der Waals surface area contributed by atoms with Crippen molar-refractivity contribution >= 4 is 43.3 Å². The second-order valence-corrected chi connectivity index (χ2v) is 8.71. The summed E-state index contributed by atoms with van der Waals surface area (Å²) < 4.78 is 30.7. The number of thiazole rings is 1. The van der Waals surface area contributed by atoms with Gasteiger partial charge in [-0.2, -0.15) is 4.99 Å². The molecule has 11 heteroatoms. The fourth-order valence-electron chi connectivity index (χ4n) is 2.41. The summed E-state index contributed by atoms with van der Waals surface area (Å²) in [6.07, 6.45) is 5.20. The number of esters is 1. The lowest BCUT2D eigenvalue weighted by Gasteiger charge is -2.05. The third-order valence-electron chi connectivity index (χ3n) is 3.65. The molecule has 1 aromatic carbocycles.